The molecular formula is C18H24N2O4. The number of benzene rings is 1. The Morgan fingerprint density at radius 2 is 1.88 bits per heavy atom. The van der Waals surface area contributed by atoms with E-state index in [0.29, 0.717) is 32.8 Å². The molecule has 24 heavy (non-hydrogen) atoms. The maximum Gasteiger partial charge on any atom is 0.222 e. The maximum atomic E-state index is 11.5. The largest absolute Gasteiger partial charge is 0.486 e. The molecule has 1 aromatic rings. The molecule has 2 fully saturated rings. The van der Waals surface area contributed by atoms with Crippen LogP contribution < -0.4 is 14.8 Å². The second-order valence-corrected chi connectivity index (χ2v) is 6.81. The Kier molecular flexibility index (Phi) is 4.33. The third kappa shape index (κ3) is 3.35. The summed E-state index contributed by atoms with van der Waals surface area (Å²) in [5, 5.41) is 2.99. The predicted octanol–water partition coefficient (Wildman–Crippen LogP) is 1.33. The topological polar surface area (TPSA) is 60.0 Å². The van der Waals surface area contributed by atoms with Gasteiger partial charge in [0, 0.05) is 32.6 Å². The van der Waals surface area contributed by atoms with E-state index in [4.69, 9.17) is 14.2 Å². The molecule has 0 saturated carbocycles. The van der Waals surface area contributed by atoms with Gasteiger partial charge in [-0.25, -0.2) is 0 Å². The van der Waals surface area contributed by atoms with Gasteiger partial charge < -0.3 is 19.5 Å². The molecular weight excluding hydrogens is 308 g/mol. The van der Waals surface area contributed by atoms with Gasteiger partial charge >= 0.3 is 0 Å². The molecule has 2 saturated heterocycles. The lowest BCUT2D eigenvalue weighted by Gasteiger charge is -2.40. The Labute approximate surface area is 142 Å². The number of amides is 1. The summed E-state index contributed by atoms with van der Waals surface area (Å²) in [6.07, 6.45) is 2.39. The highest BCUT2D eigenvalue weighted by Crippen LogP contribution is 2.32. The molecule has 130 valence electrons. The molecule has 1 aromatic carbocycles. The highest BCUT2D eigenvalue weighted by atomic mass is 16.6. The van der Waals surface area contributed by atoms with E-state index in [0.717, 1.165) is 44.0 Å². The Morgan fingerprint density at radius 3 is 2.71 bits per heavy atom. The van der Waals surface area contributed by atoms with Crippen molar-refractivity contribution in [1.82, 2.24) is 10.2 Å². The number of rotatable bonds is 2. The number of likely N-dealkylation sites (tertiary alicyclic amines) is 1. The van der Waals surface area contributed by atoms with Crippen LogP contribution in [0, 0.1) is 0 Å². The van der Waals surface area contributed by atoms with Gasteiger partial charge in [0.05, 0.1) is 12.2 Å². The predicted molar refractivity (Wildman–Crippen MR) is 88.3 cm³/mol. The number of fused-ring (bicyclic) bond motifs is 1. The number of carbonyl (C=O) groups excluding carboxylic acids is 1. The van der Waals surface area contributed by atoms with Gasteiger partial charge in [-0.1, -0.05) is 6.07 Å². The molecule has 1 amide bonds. The van der Waals surface area contributed by atoms with Crippen molar-refractivity contribution in [1.29, 1.82) is 0 Å². The Bertz CT molecular complexity index is 611. The van der Waals surface area contributed by atoms with Crippen molar-refractivity contribution >= 4 is 5.91 Å². The molecule has 0 radical (unpaired) electrons. The van der Waals surface area contributed by atoms with Crippen molar-refractivity contribution in [2.24, 2.45) is 0 Å². The van der Waals surface area contributed by atoms with Gasteiger partial charge in [-0.05, 0) is 30.5 Å². The minimum Gasteiger partial charge on any atom is -0.486 e. The van der Waals surface area contributed by atoms with Crippen molar-refractivity contribution in [3.05, 3.63) is 23.8 Å². The first kappa shape index (κ1) is 15.7. The van der Waals surface area contributed by atoms with Crippen molar-refractivity contribution in [2.75, 3.05) is 39.5 Å². The normalized spacial score (nSPS) is 23.6. The molecule has 6 nitrogen and oxygen atoms in total. The SMILES string of the molecule is O=C1CCOC2(CCN(Cc3ccc4c(c3)OCCO4)CC2)CN1. The monoisotopic (exact) mass is 332 g/mol. The van der Waals surface area contributed by atoms with Gasteiger partial charge in [0.15, 0.2) is 11.5 Å². The summed E-state index contributed by atoms with van der Waals surface area (Å²) in [7, 11) is 0. The van der Waals surface area contributed by atoms with Crippen molar-refractivity contribution < 1.29 is 19.0 Å². The fourth-order valence-corrected chi connectivity index (χ4v) is 3.64. The number of ether oxygens (including phenoxy) is 3. The summed E-state index contributed by atoms with van der Waals surface area (Å²) in [5.41, 5.74) is 1.07. The minimum atomic E-state index is -0.171. The van der Waals surface area contributed by atoms with Gasteiger partial charge in [0.2, 0.25) is 5.91 Å². The highest BCUT2D eigenvalue weighted by molar-refractivity contribution is 5.76. The van der Waals surface area contributed by atoms with Crippen LogP contribution in [0.15, 0.2) is 18.2 Å². The number of piperidine rings is 1. The Balaban J connectivity index is 1.35. The average Bonchev–Trinajstić information content (AvgIpc) is 2.79. The summed E-state index contributed by atoms with van der Waals surface area (Å²) in [6, 6.07) is 6.20. The first-order valence-electron chi connectivity index (χ1n) is 8.74. The molecule has 6 heteroatoms. The summed E-state index contributed by atoms with van der Waals surface area (Å²) in [4.78, 5) is 13.9. The molecule has 1 N–H and O–H groups in total. The van der Waals surface area contributed by atoms with Crippen LogP contribution >= 0.6 is 0 Å². The lowest BCUT2D eigenvalue weighted by molar-refractivity contribution is -0.120. The lowest BCUT2D eigenvalue weighted by Crippen LogP contribution is -2.50. The molecule has 3 heterocycles. The van der Waals surface area contributed by atoms with Crippen LogP contribution in [0.4, 0.5) is 0 Å². The summed E-state index contributed by atoms with van der Waals surface area (Å²) < 4.78 is 17.3. The first-order chi connectivity index (χ1) is 11.7. The molecule has 4 rings (SSSR count). The van der Waals surface area contributed by atoms with E-state index in [2.05, 4.69) is 22.3 Å². The van der Waals surface area contributed by atoms with Crippen LogP contribution in [0.2, 0.25) is 0 Å². The van der Waals surface area contributed by atoms with E-state index < -0.39 is 0 Å². The number of nitrogens with one attached hydrogen (secondary N) is 1. The van der Waals surface area contributed by atoms with Gasteiger partial charge in [-0.15, -0.1) is 0 Å². The average molecular weight is 332 g/mol. The number of nitrogens with zero attached hydrogens (tertiary/aromatic N) is 1. The van der Waals surface area contributed by atoms with E-state index in [1.54, 1.807) is 0 Å². The van der Waals surface area contributed by atoms with Crippen LogP contribution in [0.1, 0.15) is 24.8 Å². The zero-order valence-electron chi connectivity index (χ0n) is 13.9. The zero-order chi connectivity index (χ0) is 16.4. The molecule has 0 bridgehead atoms. The van der Waals surface area contributed by atoms with Crippen molar-refractivity contribution in [3.8, 4) is 11.5 Å². The fourth-order valence-electron chi connectivity index (χ4n) is 3.64. The molecule has 0 atom stereocenters. The summed E-state index contributed by atoms with van der Waals surface area (Å²) in [6.45, 7) is 5.27. The molecule has 1 spiro atoms. The van der Waals surface area contributed by atoms with Crippen LogP contribution in [0.25, 0.3) is 0 Å². The Morgan fingerprint density at radius 1 is 1.08 bits per heavy atom. The standard InChI is InChI=1S/C18H24N2O4/c21-17-3-8-24-18(13-19-17)4-6-20(7-5-18)12-14-1-2-15-16(11-14)23-10-9-22-15/h1-2,11H,3-10,12-13H2,(H,19,21). The molecule has 0 aromatic heterocycles. The van der Waals surface area contributed by atoms with Crippen LogP contribution in [0.5, 0.6) is 11.5 Å². The van der Waals surface area contributed by atoms with Crippen LogP contribution in [-0.2, 0) is 16.1 Å². The quantitative estimate of drug-likeness (QED) is 0.885. The first-order valence-corrected chi connectivity index (χ1v) is 8.74. The highest BCUT2D eigenvalue weighted by Gasteiger charge is 2.37. The van der Waals surface area contributed by atoms with Crippen LogP contribution in [0.3, 0.4) is 0 Å². The summed E-state index contributed by atoms with van der Waals surface area (Å²) >= 11 is 0. The molecule has 0 aliphatic carbocycles. The van der Waals surface area contributed by atoms with Gasteiger partial charge in [0.25, 0.3) is 0 Å². The smallest absolute Gasteiger partial charge is 0.222 e. The third-order valence-electron chi connectivity index (χ3n) is 5.13. The second-order valence-electron chi connectivity index (χ2n) is 6.81. The second kappa shape index (κ2) is 6.61. The van der Waals surface area contributed by atoms with Gasteiger partial charge in [-0.3, -0.25) is 9.69 Å². The van der Waals surface area contributed by atoms with Gasteiger partial charge in [-0.2, -0.15) is 0 Å². The Hall–Kier alpha value is -1.79. The lowest BCUT2D eigenvalue weighted by atomic mass is 9.90. The number of carbonyl (C=O) groups is 1. The van der Waals surface area contributed by atoms with E-state index >= 15 is 0 Å². The number of hydrogen-bond acceptors (Lipinski definition) is 5. The van der Waals surface area contributed by atoms with Crippen LogP contribution in [-0.4, -0.2) is 55.9 Å². The van der Waals surface area contributed by atoms with E-state index in [1.807, 2.05) is 6.07 Å². The van der Waals surface area contributed by atoms with Crippen molar-refractivity contribution in [2.45, 2.75) is 31.4 Å². The van der Waals surface area contributed by atoms with Gasteiger partial charge in [0.1, 0.15) is 13.2 Å². The van der Waals surface area contributed by atoms with Crippen molar-refractivity contribution in [3.63, 3.8) is 0 Å². The fraction of sp³-hybridized carbons (Fsp3) is 0.611. The zero-order valence-corrected chi connectivity index (χ0v) is 13.9. The maximum absolute atomic E-state index is 11.5. The van der Waals surface area contributed by atoms with E-state index in [9.17, 15) is 4.79 Å². The van der Waals surface area contributed by atoms with E-state index in [1.165, 1.54) is 5.56 Å². The molecule has 3 aliphatic rings. The third-order valence-corrected chi connectivity index (χ3v) is 5.13. The van der Waals surface area contributed by atoms with E-state index in [-0.39, 0.29) is 11.5 Å². The summed E-state index contributed by atoms with van der Waals surface area (Å²) in [5.74, 6) is 1.79. The number of hydrogen-bond donors (Lipinski definition) is 1. The minimum absolute atomic E-state index is 0.102. The molecule has 0 unspecified atom stereocenters. The molecule has 3 aliphatic heterocycles.